The number of rotatable bonds is 2. The van der Waals surface area contributed by atoms with Crippen molar-refractivity contribution in [3.63, 3.8) is 0 Å². The Bertz CT molecular complexity index is 396. The molecule has 0 bridgehead atoms. The van der Waals surface area contributed by atoms with Gasteiger partial charge in [0.15, 0.2) is 6.29 Å². The Hall–Kier alpha value is -1.29. The molecule has 1 aromatic rings. The second-order valence-electron chi connectivity index (χ2n) is 2.74. The number of benzene rings is 1. The maximum atomic E-state index is 12.2. The summed E-state index contributed by atoms with van der Waals surface area (Å²) in [4.78, 5) is 10.2. The Kier molecular flexibility index (Phi) is 3.52. The lowest BCUT2D eigenvalue weighted by atomic mass is 10.1. The number of hydrogen-bond donors (Lipinski definition) is 0. The largest absolute Gasteiger partial charge is 0.419 e. The minimum atomic E-state index is -4.65. The first-order valence-electron chi connectivity index (χ1n) is 3.94. The van der Waals surface area contributed by atoms with Crippen LogP contribution in [-0.4, -0.2) is 12.5 Å². The molecule has 0 saturated heterocycles. The molecule has 0 unspecified atom stereocenters. The lowest BCUT2D eigenvalue weighted by Crippen LogP contribution is -2.12. The van der Waals surface area contributed by atoms with Gasteiger partial charge in [-0.1, -0.05) is 29.8 Å². The minimum absolute atomic E-state index is 0.165. The maximum absolute atomic E-state index is 12.2. The molecule has 0 atom stereocenters. The van der Waals surface area contributed by atoms with E-state index in [9.17, 15) is 18.0 Å². The summed E-state index contributed by atoms with van der Waals surface area (Å²) in [5.41, 5.74) is -1.09. The molecule has 0 saturated carbocycles. The Morgan fingerprint density at radius 1 is 1.27 bits per heavy atom. The van der Waals surface area contributed by atoms with Crippen molar-refractivity contribution < 1.29 is 18.0 Å². The van der Waals surface area contributed by atoms with Crippen molar-refractivity contribution in [1.29, 1.82) is 0 Å². The van der Waals surface area contributed by atoms with Gasteiger partial charge in [-0.25, -0.2) is 0 Å². The third-order valence-electron chi connectivity index (χ3n) is 1.67. The van der Waals surface area contributed by atoms with Gasteiger partial charge in [0.25, 0.3) is 0 Å². The van der Waals surface area contributed by atoms with Crippen molar-refractivity contribution in [3.8, 4) is 0 Å². The highest BCUT2D eigenvalue weighted by molar-refractivity contribution is 6.32. The Morgan fingerprint density at radius 2 is 1.87 bits per heavy atom. The fraction of sp³-hybridized carbons (Fsp3) is 0.100. The van der Waals surface area contributed by atoms with Crippen LogP contribution in [0.2, 0.25) is 5.02 Å². The number of alkyl halides is 3. The molecule has 0 aliphatic heterocycles. The van der Waals surface area contributed by atoms with Crippen molar-refractivity contribution in [2.24, 2.45) is 0 Å². The van der Waals surface area contributed by atoms with Gasteiger partial charge in [-0.05, 0) is 17.7 Å². The molecule has 0 amide bonds. The smallest absolute Gasteiger partial charge is 0.298 e. The third kappa shape index (κ3) is 3.09. The van der Waals surface area contributed by atoms with Crippen LogP contribution in [0.25, 0.3) is 6.08 Å². The predicted octanol–water partition coefficient (Wildman–Crippen LogP) is 3.48. The molecule has 1 aromatic carbocycles. The van der Waals surface area contributed by atoms with Crippen molar-refractivity contribution in [2.45, 2.75) is 6.18 Å². The summed E-state index contributed by atoms with van der Waals surface area (Å²) in [6, 6.07) is 5.98. The molecule has 1 nitrogen and oxygen atoms in total. The second-order valence-corrected chi connectivity index (χ2v) is 3.14. The van der Waals surface area contributed by atoms with Crippen LogP contribution in [-0.2, 0) is 4.79 Å². The molecular weight excluding hydrogens is 229 g/mol. The van der Waals surface area contributed by atoms with Crippen LogP contribution in [0, 0.1) is 0 Å². The van der Waals surface area contributed by atoms with Crippen molar-refractivity contribution in [2.75, 3.05) is 0 Å². The van der Waals surface area contributed by atoms with Gasteiger partial charge in [0, 0.05) is 5.02 Å². The van der Waals surface area contributed by atoms with Gasteiger partial charge in [-0.2, -0.15) is 13.2 Å². The molecule has 0 spiro atoms. The van der Waals surface area contributed by atoms with E-state index in [1.54, 1.807) is 6.07 Å². The fourth-order valence-corrected chi connectivity index (χ4v) is 1.13. The number of aldehydes is 1. The molecule has 0 heterocycles. The average Bonchev–Trinajstić information content (AvgIpc) is 2.14. The van der Waals surface area contributed by atoms with Gasteiger partial charge in [0.2, 0.25) is 0 Å². The van der Waals surface area contributed by atoms with Gasteiger partial charge in [-0.15, -0.1) is 0 Å². The van der Waals surface area contributed by atoms with E-state index in [1.807, 2.05) is 0 Å². The Morgan fingerprint density at radius 3 is 2.33 bits per heavy atom. The average molecular weight is 235 g/mol. The Labute approximate surface area is 89.2 Å². The van der Waals surface area contributed by atoms with Crippen LogP contribution in [0.3, 0.4) is 0 Å². The van der Waals surface area contributed by atoms with Gasteiger partial charge in [-0.3, -0.25) is 4.79 Å². The zero-order chi connectivity index (χ0) is 11.5. The van der Waals surface area contributed by atoms with Crippen LogP contribution in [0.15, 0.2) is 29.8 Å². The first kappa shape index (κ1) is 11.8. The van der Waals surface area contributed by atoms with E-state index in [0.29, 0.717) is 0 Å². The highest BCUT2D eigenvalue weighted by Gasteiger charge is 2.33. The summed E-state index contributed by atoms with van der Waals surface area (Å²) in [7, 11) is 0. The minimum Gasteiger partial charge on any atom is -0.298 e. The molecule has 1 rings (SSSR count). The summed E-state index contributed by atoms with van der Waals surface area (Å²) < 4.78 is 36.6. The number of hydrogen-bond acceptors (Lipinski definition) is 1. The molecular formula is C10H6ClF3O. The third-order valence-corrected chi connectivity index (χ3v) is 2.01. The van der Waals surface area contributed by atoms with Crippen LogP contribution in [0.5, 0.6) is 0 Å². The number of carbonyl (C=O) groups is 1. The van der Waals surface area contributed by atoms with Crippen molar-refractivity contribution >= 4 is 24.0 Å². The maximum Gasteiger partial charge on any atom is 0.419 e. The highest BCUT2D eigenvalue weighted by atomic mass is 35.5. The summed E-state index contributed by atoms with van der Waals surface area (Å²) in [6.07, 6.45) is -4.17. The summed E-state index contributed by atoms with van der Waals surface area (Å²) in [5, 5.41) is 0.168. The fourth-order valence-electron chi connectivity index (χ4n) is 0.942. The van der Waals surface area contributed by atoms with Crippen LogP contribution in [0.1, 0.15) is 5.56 Å². The quantitative estimate of drug-likeness (QED) is 0.566. The van der Waals surface area contributed by atoms with E-state index in [-0.39, 0.29) is 16.9 Å². The van der Waals surface area contributed by atoms with Crippen LogP contribution < -0.4 is 0 Å². The van der Waals surface area contributed by atoms with Crippen molar-refractivity contribution in [3.05, 3.63) is 40.4 Å². The molecule has 0 N–H and O–H groups in total. The van der Waals surface area contributed by atoms with Crippen LogP contribution in [0.4, 0.5) is 13.2 Å². The standard InChI is InChI=1S/C10H6ClF3O/c11-9-4-2-1-3-7(9)5-8(6-15)10(12,13)14/h1-6H/b8-5+. The van der Waals surface area contributed by atoms with E-state index in [2.05, 4.69) is 0 Å². The first-order chi connectivity index (χ1) is 6.95. The number of allylic oxidation sites excluding steroid dienone is 1. The van der Waals surface area contributed by atoms with E-state index in [4.69, 9.17) is 11.6 Å². The van der Waals surface area contributed by atoms with E-state index in [0.717, 1.165) is 6.08 Å². The number of carbonyl (C=O) groups excluding carboxylic acids is 1. The summed E-state index contributed by atoms with van der Waals surface area (Å²) >= 11 is 5.65. The summed E-state index contributed by atoms with van der Waals surface area (Å²) in [5.74, 6) is 0. The molecule has 0 aliphatic rings. The Balaban J connectivity index is 3.15. The molecule has 15 heavy (non-hydrogen) atoms. The SMILES string of the molecule is O=C/C(=C\c1ccccc1Cl)C(F)(F)F. The van der Waals surface area contributed by atoms with E-state index < -0.39 is 11.7 Å². The zero-order valence-corrected chi connectivity index (χ0v) is 8.14. The second kappa shape index (κ2) is 4.49. The monoisotopic (exact) mass is 234 g/mol. The van der Waals surface area contributed by atoms with Gasteiger partial charge >= 0.3 is 6.18 Å². The van der Waals surface area contributed by atoms with E-state index >= 15 is 0 Å². The molecule has 0 aliphatic carbocycles. The first-order valence-corrected chi connectivity index (χ1v) is 4.31. The highest BCUT2D eigenvalue weighted by Crippen LogP contribution is 2.27. The lowest BCUT2D eigenvalue weighted by Gasteiger charge is -2.05. The molecule has 0 radical (unpaired) electrons. The number of halogens is 4. The van der Waals surface area contributed by atoms with Crippen molar-refractivity contribution in [1.82, 2.24) is 0 Å². The predicted molar refractivity (Wildman–Crippen MR) is 51.5 cm³/mol. The van der Waals surface area contributed by atoms with E-state index in [1.165, 1.54) is 18.2 Å². The summed E-state index contributed by atoms with van der Waals surface area (Å²) in [6.45, 7) is 0. The molecule has 0 fully saturated rings. The molecule has 0 aromatic heterocycles. The molecule has 80 valence electrons. The normalized spacial score (nSPS) is 12.7. The van der Waals surface area contributed by atoms with Gasteiger partial charge < -0.3 is 0 Å². The van der Waals surface area contributed by atoms with Crippen LogP contribution >= 0.6 is 11.6 Å². The lowest BCUT2D eigenvalue weighted by molar-refractivity contribution is -0.118. The van der Waals surface area contributed by atoms with Gasteiger partial charge in [0.1, 0.15) is 0 Å². The molecule has 5 heteroatoms. The zero-order valence-electron chi connectivity index (χ0n) is 7.38. The topological polar surface area (TPSA) is 17.1 Å². The van der Waals surface area contributed by atoms with Gasteiger partial charge in [0.05, 0.1) is 5.57 Å².